The summed E-state index contributed by atoms with van der Waals surface area (Å²) >= 11 is -0.426. The number of nitrogens with zero attached hydrogens (tertiary/aromatic N) is 4. The third-order valence-electron chi connectivity index (χ3n) is 4.52. The summed E-state index contributed by atoms with van der Waals surface area (Å²) in [6.07, 6.45) is 1.09. The van der Waals surface area contributed by atoms with E-state index in [0.717, 1.165) is 34.1 Å². The maximum atomic E-state index is 13.3. The molecule has 3 aromatic rings. The van der Waals surface area contributed by atoms with Gasteiger partial charge in [0.25, 0.3) is 0 Å². The van der Waals surface area contributed by atoms with Crippen molar-refractivity contribution in [2.45, 2.75) is 19.1 Å². The first-order valence-corrected chi connectivity index (χ1v) is 11.6. The van der Waals surface area contributed by atoms with Crippen LogP contribution < -0.4 is 37.1 Å². The fourth-order valence-electron chi connectivity index (χ4n) is 2.88. The molecule has 4 rings (SSSR count). The van der Waals surface area contributed by atoms with Crippen molar-refractivity contribution < 1.29 is 38.8 Å². The second kappa shape index (κ2) is 8.69. The summed E-state index contributed by atoms with van der Waals surface area (Å²) < 4.78 is 55.6. The Morgan fingerprint density at radius 2 is 1.68 bits per heavy atom. The molecule has 0 unspecified atom stereocenters. The first-order valence-electron chi connectivity index (χ1n) is 9.08. The minimum atomic E-state index is -4.59. The van der Waals surface area contributed by atoms with E-state index in [0.29, 0.717) is 11.4 Å². The number of allylic oxidation sites excluding steroid dienone is 1. The Balaban J connectivity index is 1.67. The van der Waals surface area contributed by atoms with Crippen LogP contribution in [0.4, 0.5) is 23.4 Å². The van der Waals surface area contributed by atoms with E-state index < -0.39 is 39.2 Å². The van der Waals surface area contributed by atoms with Crippen LogP contribution >= 0.6 is 0 Å². The molecule has 0 bridgehead atoms. The molecule has 31 heavy (non-hydrogen) atoms. The van der Waals surface area contributed by atoms with Crippen molar-refractivity contribution in [3.05, 3.63) is 80.4 Å². The van der Waals surface area contributed by atoms with Crippen LogP contribution in [0.25, 0.3) is 15.7 Å². The SMILES string of the molecule is C[C@@H](Nc1ncnc2c1=CC(c1ccc(F)cc1)=C[I-]C=2)c1cnc(C(F)(F)F)nc1. The van der Waals surface area contributed by atoms with Crippen molar-refractivity contribution in [3.63, 3.8) is 0 Å². The van der Waals surface area contributed by atoms with Crippen LogP contribution in [0, 0.1) is 5.82 Å². The summed E-state index contributed by atoms with van der Waals surface area (Å²) in [5, 5.41) is 4.75. The van der Waals surface area contributed by atoms with Crippen LogP contribution in [0.2, 0.25) is 0 Å². The van der Waals surface area contributed by atoms with E-state index in [2.05, 4.69) is 33.4 Å². The normalized spacial score (nSPS) is 14.7. The molecule has 1 aliphatic heterocycles. The molecule has 5 nitrogen and oxygen atoms in total. The topological polar surface area (TPSA) is 63.6 Å². The van der Waals surface area contributed by atoms with Crippen LogP contribution in [0.3, 0.4) is 0 Å². The molecule has 0 saturated heterocycles. The number of benzene rings is 1. The third kappa shape index (κ3) is 4.89. The molecule has 0 radical (unpaired) electrons. The molecule has 0 saturated carbocycles. The zero-order chi connectivity index (χ0) is 22.0. The summed E-state index contributed by atoms with van der Waals surface area (Å²) in [5.74, 6) is -0.953. The van der Waals surface area contributed by atoms with E-state index in [9.17, 15) is 17.6 Å². The number of hydrogen-bond donors (Lipinski definition) is 1. The number of hydrogen-bond acceptors (Lipinski definition) is 5. The molecule has 0 amide bonds. The van der Waals surface area contributed by atoms with Crippen molar-refractivity contribution >= 4 is 21.5 Å². The van der Waals surface area contributed by atoms with E-state index in [-0.39, 0.29) is 5.82 Å². The van der Waals surface area contributed by atoms with E-state index in [1.54, 1.807) is 19.1 Å². The number of anilines is 1. The molecule has 1 N–H and O–H groups in total. The molecule has 1 aromatic carbocycles. The second-order valence-corrected chi connectivity index (χ2v) is 8.64. The average Bonchev–Trinajstić information content (AvgIpc) is 2.97. The Hall–Kier alpha value is -2.89. The van der Waals surface area contributed by atoms with Crippen molar-refractivity contribution in [2.24, 2.45) is 0 Å². The van der Waals surface area contributed by atoms with Gasteiger partial charge in [-0.1, -0.05) is 0 Å². The van der Waals surface area contributed by atoms with E-state index in [1.807, 2.05) is 6.08 Å². The van der Waals surface area contributed by atoms with Crippen molar-refractivity contribution in [2.75, 3.05) is 5.32 Å². The van der Waals surface area contributed by atoms with E-state index in [1.165, 1.54) is 18.5 Å². The molecular weight excluding hydrogens is 525 g/mol. The number of fused-ring (bicyclic) bond motifs is 1. The van der Waals surface area contributed by atoms with Crippen molar-refractivity contribution in [1.82, 2.24) is 19.9 Å². The van der Waals surface area contributed by atoms with E-state index in [4.69, 9.17) is 0 Å². The van der Waals surface area contributed by atoms with Gasteiger partial charge in [0.1, 0.15) is 0 Å². The van der Waals surface area contributed by atoms with Gasteiger partial charge in [0, 0.05) is 0 Å². The molecule has 2 aromatic heterocycles. The standard InChI is InChI=1S/C21H15F4IN5/c1-12(15-9-27-20(28-10-15)21(23,24)25)31-19-17-6-14(13-2-4-16(22)5-3-13)7-26-8-18(17)29-11-30-19/h2-12H,1H3,(H,29,30,31)/q-1/t12-/m1/s1. The van der Waals surface area contributed by atoms with Gasteiger partial charge >= 0.3 is 185 Å². The van der Waals surface area contributed by atoms with Gasteiger partial charge in [-0.15, -0.1) is 0 Å². The number of halogens is 5. The van der Waals surface area contributed by atoms with Gasteiger partial charge in [0.15, 0.2) is 0 Å². The molecule has 3 heterocycles. The van der Waals surface area contributed by atoms with E-state index >= 15 is 0 Å². The Kier molecular flexibility index (Phi) is 5.99. The van der Waals surface area contributed by atoms with Crippen LogP contribution in [0.15, 0.2) is 47.1 Å². The van der Waals surface area contributed by atoms with Gasteiger partial charge < -0.3 is 0 Å². The predicted molar refractivity (Wildman–Crippen MR) is 104 cm³/mol. The fraction of sp³-hybridized carbons (Fsp3) is 0.143. The Morgan fingerprint density at radius 3 is 2.35 bits per heavy atom. The summed E-state index contributed by atoms with van der Waals surface area (Å²) in [7, 11) is 0. The summed E-state index contributed by atoms with van der Waals surface area (Å²) in [6, 6.07) is 5.85. The Bertz CT molecular complexity index is 1240. The molecule has 0 fully saturated rings. The quantitative estimate of drug-likeness (QED) is 0.381. The van der Waals surface area contributed by atoms with Gasteiger partial charge in [0.2, 0.25) is 0 Å². The summed E-state index contributed by atoms with van der Waals surface area (Å²) in [6.45, 7) is 1.78. The van der Waals surface area contributed by atoms with Gasteiger partial charge in [-0.2, -0.15) is 0 Å². The number of nitrogens with one attached hydrogen (secondary N) is 1. The van der Waals surface area contributed by atoms with Gasteiger partial charge in [-0.3, -0.25) is 0 Å². The molecule has 1 aliphatic rings. The van der Waals surface area contributed by atoms with Crippen molar-refractivity contribution in [3.8, 4) is 0 Å². The zero-order valence-electron chi connectivity index (χ0n) is 16.0. The third-order valence-corrected chi connectivity index (χ3v) is 6.50. The number of alkyl halides is 3. The first kappa shape index (κ1) is 21.3. The number of aromatic nitrogens is 4. The van der Waals surface area contributed by atoms with Gasteiger partial charge in [-0.05, 0) is 0 Å². The molecule has 0 aliphatic carbocycles. The van der Waals surface area contributed by atoms with Crippen molar-refractivity contribution in [1.29, 1.82) is 0 Å². The average molecular weight is 540 g/mol. The molecular formula is C21H15F4IN5-. The monoisotopic (exact) mass is 540 g/mol. The van der Waals surface area contributed by atoms with Gasteiger partial charge in [0.05, 0.1) is 0 Å². The molecule has 0 spiro atoms. The zero-order valence-corrected chi connectivity index (χ0v) is 18.2. The maximum absolute atomic E-state index is 13.3. The molecule has 1 atom stereocenters. The summed E-state index contributed by atoms with van der Waals surface area (Å²) in [5.41, 5.74) is 2.30. The Labute approximate surface area is 185 Å². The summed E-state index contributed by atoms with van der Waals surface area (Å²) in [4.78, 5) is 15.5. The van der Waals surface area contributed by atoms with Crippen LogP contribution in [0.1, 0.15) is 29.9 Å². The Morgan fingerprint density at radius 1 is 0.968 bits per heavy atom. The molecule has 10 heteroatoms. The molecule has 160 valence electrons. The predicted octanol–water partition coefficient (Wildman–Crippen LogP) is 0.260. The van der Waals surface area contributed by atoms with Crippen LogP contribution in [0.5, 0.6) is 0 Å². The van der Waals surface area contributed by atoms with Crippen LogP contribution in [-0.4, -0.2) is 19.9 Å². The minimum absolute atomic E-state index is 0.307. The van der Waals surface area contributed by atoms with Gasteiger partial charge in [-0.25, -0.2) is 0 Å². The second-order valence-electron chi connectivity index (χ2n) is 6.68. The van der Waals surface area contributed by atoms with Crippen LogP contribution in [-0.2, 0) is 6.18 Å². The first-order chi connectivity index (χ1) is 14.8. The fourth-order valence-corrected chi connectivity index (χ4v) is 4.83. The number of rotatable bonds is 4.